The van der Waals surface area contributed by atoms with Crippen LogP contribution < -0.4 is 5.32 Å². The molecule has 92 valence electrons. The first-order chi connectivity index (χ1) is 7.32. The largest absolute Gasteiger partial charge is 0.481 e. The highest BCUT2D eigenvalue weighted by molar-refractivity contribution is 5.86. The van der Waals surface area contributed by atoms with Crippen molar-refractivity contribution in [2.45, 2.75) is 18.9 Å². The van der Waals surface area contributed by atoms with Crippen molar-refractivity contribution in [3.05, 3.63) is 0 Å². The van der Waals surface area contributed by atoms with E-state index in [1.807, 2.05) is 0 Å². The Kier molecular flexibility index (Phi) is 6.09. The standard InChI is InChI=1S/C9H16N2O5/c1-11(2)4-3-7(12)10-6(9(15)16)5-8(13)14/h6H,3-5H2,1-2H3,(H,10,12)(H,13,14)(H,15,16)/t6-/m0/s1. The van der Waals surface area contributed by atoms with Gasteiger partial charge in [-0.05, 0) is 14.1 Å². The van der Waals surface area contributed by atoms with Crippen molar-refractivity contribution in [1.29, 1.82) is 0 Å². The molecule has 0 aromatic rings. The molecule has 0 aromatic heterocycles. The van der Waals surface area contributed by atoms with E-state index >= 15 is 0 Å². The highest BCUT2D eigenvalue weighted by Crippen LogP contribution is 1.94. The first-order valence-corrected chi connectivity index (χ1v) is 4.71. The topological polar surface area (TPSA) is 107 Å². The van der Waals surface area contributed by atoms with E-state index in [0.29, 0.717) is 6.54 Å². The van der Waals surface area contributed by atoms with E-state index in [0.717, 1.165) is 0 Å². The Morgan fingerprint density at radius 2 is 1.81 bits per heavy atom. The van der Waals surface area contributed by atoms with Crippen LogP contribution >= 0.6 is 0 Å². The van der Waals surface area contributed by atoms with Crippen molar-refractivity contribution in [2.75, 3.05) is 20.6 Å². The molecule has 0 aromatic carbocycles. The molecule has 0 unspecified atom stereocenters. The molecule has 0 rings (SSSR count). The monoisotopic (exact) mass is 232 g/mol. The maximum absolute atomic E-state index is 11.2. The minimum atomic E-state index is -1.37. The zero-order chi connectivity index (χ0) is 12.7. The summed E-state index contributed by atoms with van der Waals surface area (Å²) >= 11 is 0. The number of carbonyl (C=O) groups excluding carboxylic acids is 1. The predicted molar refractivity (Wildman–Crippen MR) is 55.0 cm³/mol. The molecule has 7 heteroatoms. The van der Waals surface area contributed by atoms with E-state index in [1.54, 1.807) is 19.0 Å². The molecule has 1 atom stereocenters. The molecule has 7 nitrogen and oxygen atoms in total. The molecule has 3 N–H and O–H groups in total. The third-order valence-corrected chi connectivity index (χ3v) is 1.80. The SMILES string of the molecule is CN(C)CCC(=O)N[C@@H](CC(=O)O)C(=O)O. The van der Waals surface area contributed by atoms with E-state index in [1.165, 1.54) is 0 Å². The normalized spacial score (nSPS) is 12.2. The molecule has 16 heavy (non-hydrogen) atoms. The molecule has 0 radical (unpaired) electrons. The Morgan fingerprint density at radius 3 is 2.19 bits per heavy atom. The van der Waals surface area contributed by atoms with Gasteiger partial charge in [-0.15, -0.1) is 0 Å². The van der Waals surface area contributed by atoms with Gasteiger partial charge in [0.05, 0.1) is 6.42 Å². The molecule has 1 amide bonds. The summed E-state index contributed by atoms with van der Waals surface area (Å²) in [4.78, 5) is 34.0. The summed E-state index contributed by atoms with van der Waals surface area (Å²) in [5.74, 6) is -3.08. The fraction of sp³-hybridized carbons (Fsp3) is 0.667. The van der Waals surface area contributed by atoms with Crippen LogP contribution in [0.25, 0.3) is 0 Å². The van der Waals surface area contributed by atoms with Crippen LogP contribution in [0.4, 0.5) is 0 Å². The molecule has 0 aliphatic carbocycles. The lowest BCUT2D eigenvalue weighted by Gasteiger charge is -2.13. The zero-order valence-electron chi connectivity index (χ0n) is 9.27. The minimum absolute atomic E-state index is 0.135. The Bertz CT molecular complexity index is 277. The van der Waals surface area contributed by atoms with Crippen molar-refractivity contribution < 1.29 is 24.6 Å². The summed E-state index contributed by atoms with van der Waals surface area (Å²) in [6, 6.07) is -1.37. The van der Waals surface area contributed by atoms with Crippen molar-refractivity contribution in [3.8, 4) is 0 Å². The quantitative estimate of drug-likeness (QED) is 0.518. The van der Waals surface area contributed by atoms with Crippen LogP contribution in [-0.4, -0.2) is 59.6 Å². The summed E-state index contributed by atoms with van der Waals surface area (Å²) in [5, 5.41) is 19.3. The summed E-state index contributed by atoms with van der Waals surface area (Å²) in [5.41, 5.74) is 0. The molecule has 0 fully saturated rings. The third-order valence-electron chi connectivity index (χ3n) is 1.80. The van der Waals surface area contributed by atoms with Crippen LogP contribution in [0.5, 0.6) is 0 Å². The first kappa shape index (κ1) is 14.4. The molecular formula is C9H16N2O5. The molecule has 0 aliphatic rings. The molecular weight excluding hydrogens is 216 g/mol. The smallest absolute Gasteiger partial charge is 0.326 e. The fourth-order valence-electron chi connectivity index (χ4n) is 0.966. The minimum Gasteiger partial charge on any atom is -0.481 e. The van der Waals surface area contributed by atoms with Crippen molar-refractivity contribution in [2.24, 2.45) is 0 Å². The Hall–Kier alpha value is -1.63. The van der Waals surface area contributed by atoms with Crippen LogP contribution in [-0.2, 0) is 14.4 Å². The van der Waals surface area contributed by atoms with Crippen molar-refractivity contribution >= 4 is 17.8 Å². The number of amides is 1. The number of carboxylic acid groups (broad SMARTS) is 2. The predicted octanol–water partition coefficient (Wildman–Crippen LogP) is -1.02. The van der Waals surface area contributed by atoms with Gasteiger partial charge in [-0.25, -0.2) is 4.79 Å². The number of nitrogens with zero attached hydrogens (tertiary/aromatic N) is 1. The van der Waals surface area contributed by atoms with Gasteiger partial charge in [0, 0.05) is 13.0 Å². The summed E-state index contributed by atoms with van der Waals surface area (Å²) in [6.45, 7) is 0.477. The van der Waals surface area contributed by atoms with Crippen LogP contribution in [0, 0.1) is 0 Å². The Morgan fingerprint density at radius 1 is 1.25 bits per heavy atom. The van der Waals surface area contributed by atoms with E-state index in [4.69, 9.17) is 10.2 Å². The molecule has 0 saturated carbocycles. The number of hydrogen-bond donors (Lipinski definition) is 3. The third kappa shape index (κ3) is 6.77. The van der Waals surface area contributed by atoms with Crippen LogP contribution in [0.15, 0.2) is 0 Å². The number of rotatable bonds is 7. The maximum Gasteiger partial charge on any atom is 0.326 e. The average molecular weight is 232 g/mol. The summed E-state index contributed by atoms with van der Waals surface area (Å²) < 4.78 is 0. The highest BCUT2D eigenvalue weighted by Gasteiger charge is 2.22. The first-order valence-electron chi connectivity index (χ1n) is 4.71. The van der Waals surface area contributed by atoms with Gasteiger partial charge in [-0.1, -0.05) is 0 Å². The molecule has 0 saturated heterocycles. The van der Waals surface area contributed by atoms with Crippen molar-refractivity contribution in [3.63, 3.8) is 0 Å². The molecule has 0 heterocycles. The lowest BCUT2D eigenvalue weighted by atomic mass is 10.2. The van der Waals surface area contributed by atoms with Crippen LogP contribution in [0.2, 0.25) is 0 Å². The lowest BCUT2D eigenvalue weighted by molar-refractivity contribution is -0.147. The van der Waals surface area contributed by atoms with Gasteiger partial charge in [0.1, 0.15) is 6.04 Å². The number of aliphatic carboxylic acids is 2. The maximum atomic E-state index is 11.2. The highest BCUT2D eigenvalue weighted by atomic mass is 16.4. The summed E-state index contributed by atoms with van der Waals surface area (Å²) in [6.07, 6.45) is -0.487. The number of hydrogen-bond acceptors (Lipinski definition) is 4. The van der Waals surface area contributed by atoms with Crippen LogP contribution in [0.1, 0.15) is 12.8 Å². The number of carboxylic acids is 2. The second-order valence-corrected chi connectivity index (χ2v) is 3.61. The molecule has 0 bridgehead atoms. The van der Waals surface area contributed by atoms with Crippen molar-refractivity contribution in [1.82, 2.24) is 10.2 Å². The zero-order valence-corrected chi connectivity index (χ0v) is 9.27. The van der Waals surface area contributed by atoms with Gasteiger partial charge in [0.25, 0.3) is 0 Å². The van der Waals surface area contributed by atoms with Gasteiger partial charge in [-0.2, -0.15) is 0 Å². The molecule has 0 spiro atoms. The molecule has 0 aliphatic heterocycles. The Balaban J connectivity index is 4.13. The number of nitrogens with one attached hydrogen (secondary N) is 1. The van der Waals surface area contributed by atoms with E-state index in [-0.39, 0.29) is 6.42 Å². The second-order valence-electron chi connectivity index (χ2n) is 3.61. The van der Waals surface area contributed by atoms with E-state index in [9.17, 15) is 14.4 Å². The van der Waals surface area contributed by atoms with Crippen LogP contribution in [0.3, 0.4) is 0 Å². The van der Waals surface area contributed by atoms with E-state index in [2.05, 4.69) is 5.32 Å². The second kappa shape index (κ2) is 6.78. The lowest BCUT2D eigenvalue weighted by Crippen LogP contribution is -2.42. The van der Waals surface area contributed by atoms with Gasteiger partial charge in [0.2, 0.25) is 5.91 Å². The number of carbonyl (C=O) groups is 3. The Labute approximate surface area is 93.0 Å². The van der Waals surface area contributed by atoms with Gasteiger partial charge >= 0.3 is 11.9 Å². The van der Waals surface area contributed by atoms with Gasteiger partial charge in [-0.3, -0.25) is 9.59 Å². The fourth-order valence-corrected chi connectivity index (χ4v) is 0.966. The average Bonchev–Trinajstić information content (AvgIpc) is 2.12. The van der Waals surface area contributed by atoms with Gasteiger partial charge in [0.15, 0.2) is 0 Å². The van der Waals surface area contributed by atoms with E-state index < -0.39 is 30.3 Å². The summed E-state index contributed by atoms with van der Waals surface area (Å²) in [7, 11) is 3.55. The van der Waals surface area contributed by atoms with Gasteiger partial charge < -0.3 is 20.4 Å².